The van der Waals surface area contributed by atoms with E-state index in [-0.39, 0.29) is 12.5 Å². The molecule has 0 radical (unpaired) electrons. The van der Waals surface area contributed by atoms with Gasteiger partial charge in [-0.2, -0.15) is 0 Å². The molecule has 0 saturated heterocycles. The van der Waals surface area contributed by atoms with Crippen LogP contribution in [0.2, 0.25) is 0 Å². The van der Waals surface area contributed by atoms with Gasteiger partial charge in [0.1, 0.15) is 5.75 Å². The first-order valence-corrected chi connectivity index (χ1v) is 9.91. The third kappa shape index (κ3) is 3.92. The average Bonchev–Trinajstić information content (AvgIpc) is 3.15. The Bertz CT molecular complexity index is 1040. The number of hydrogen-bond acceptors (Lipinski definition) is 4. The second-order valence-corrected chi connectivity index (χ2v) is 7.78. The van der Waals surface area contributed by atoms with Gasteiger partial charge in [-0.3, -0.25) is 20.4 Å². The molecule has 1 aliphatic rings. The van der Waals surface area contributed by atoms with E-state index in [0.29, 0.717) is 10.6 Å². The first-order chi connectivity index (χ1) is 13.6. The summed E-state index contributed by atoms with van der Waals surface area (Å²) in [5, 5.41) is 0. The minimum absolute atomic E-state index is 0.169. The Morgan fingerprint density at radius 3 is 2.68 bits per heavy atom. The lowest BCUT2D eigenvalue weighted by molar-refractivity contribution is -0.123. The maximum Gasteiger partial charge on any atom is 0.279 e. The molecule has 0 saturated carbocycles. The monoisotopic (exact) mass is 392 g/mol. The molecule has 2 amide bonds. The molecule has 1 heterocycles. The maximum atomic E-state index is 12.4. The molecule has 0 aliphatic heterocycles. The number of hydrogen-bond donors (Lipinski definition) is 2. The summed E-state index contributed by atoms with van der Waals surface area (Å²) in [5.41, 5.74) is 9.62. The number of aryl methyl sites for hydroxylation is 3. The maximum absolute atomic E-state index is 12.4. The molecule has 0 fully saturated rings. The Labute approximate surface area is 167 Å². The quantitative estimate of drug-likeness (QED) is 0.666. The molecule has 1 aromatic heterocycles. The predicted molar refractivity (Wildman–Crippen MR) is 109 cm³/mol. The van der Waals surface area contributed by atoms with Crippen LogP contribution in [0, 0.1) is 6.92 Å². The van der Waals surface area contributed by atoms with E-state index in [0.717, 1.165) is 23.3 Å². The molecule has 5 nitrogen and oxygen atoms in total. The van der Waals surface area contributed by atoms with Crippen molar-refractivity contribution in [2.24, 2.45) is 0 Å². The topological polar surface area (TPSA) is 67.4 Å². The predicted octanol–water partition coefficient (Wildman–Crippen LogP) is 3.66. The lowest BCUT2D eigenvalue weighted by atomic mass is 9.91. The van der Waals surface area contributed by atoms with Crippen molar-refractivity contribution in [3.63, 3.8) is 0 Å². The van der Waals surface area contributed by atoms with Crippen molar-refractivity contribution < 1.29 is 14.3 Å². The smallest absolute Gasteiger partial charge is 0.279 e. The van der Waals surface area contributed by atoms with Crippen LogP contribution in [-0.4, -0.2) is 18.4 Å². The Morgan fingerprint density at radius 2 is 1.82 bits per heavy atom. The molecule has 4 rings (SSSR count). The third-order valence-electron chi connectivity index (χ3n) is 4.63. The number of carbonyl (C=O) groups is 2. The zero-order valence-electron chi connectivity index (χ0n) is 15.5. The molecule has 1 aliphatic carbocycles. The summed E-state index contributed by atoms with van der Waals surface area (Å²) in [7, 11) is 0. The molecule has 6 heteroatoms. The van der Waals surface area contributed by atoms with Gasteiger partial charge in [-0.1, -0.05) is 36.4 Å². The molecule has 0 unspecified atom stereocenters. The molecule has 2 N–H and O–H groups in total. The molecular weight excluding hydrogens is 372 g/mol. The number of hydrazine groups is 1. The fourth-order valence-electron chi connectivity index (χ4n) is 3.26. The fraction of sp³-hybridized carbons (Fsp3) is 0.182. The Hall–Kier alpha value is -3.12. The van der Waals surface area contributed by atoms with E-state index >= 15 is 0 Å². The van der Waals surface area contributed by atoms with E-state index in [1.54, 1.807) is 6.07 Å². The van der Waals surface area contributed by atoms with E-state index in [2.05, 4.69) is 23.0 Å². The minimum Gasteiger partial charge on any atom is -0.484 e. The van der Waals surface area contributed by atoms with Crippen LogP contribution in [-0.2, 0) is 17.6 Å². The second kappa shape index (κ2) is 7.86. The standard InChI is InChI=1S/C22H20N2O3S/c1-14-5-4-7-17(11-14)27-13-20(25)23-24-22(26)19-12-16-10-9-15-6-2-3-8-18(15)21(16)28-19/h2-8,11-12H,9-10,13H2,1H3,(H,23,25)(H,24,26). The summed E-state index contributed by atoms with van der Waals surface area (Å²) in [5.74, 6) is -0.117. The van der Waals surface area contributed by atoms with Gasteiger partial charge in [0.25, 0.3) is 11.8 Å². The SMILES string of the molecule is Cc1cccc(OCC(=O)NNC(=O)c2cc3c(s2)-c2ccccc2CC3)c1. The van der Waals surface area contributed by atoms with Crippen LogP contribution < -0.4 is 15.6 Å². The van der Waals surface area contributed by atoms with Crippen LogP contribution in [0.5, 0.6) is 5.75 Å². The van der Waals surface area contributed by atoms with Crippen molar-refractivity contribution in [3.8, 4) is 16.2 Å². The number of carbonyl (C=O) groups excluding carboxylic acids is 2. The van der Waals surface area contributed by atoms with Gasteiger partial charge in [0.05, 0.1) is 4.88 Å². The van der Waals surface area contributed by atoms with E-state index in [4.69, 9.17) is 4.74 Å². The summed E-state index contributed by atoms with van der Waals surface area (Å²) in [6.45, 7) is 1.78. The van der Waals surface area contributed by atoms with Crippen LogP contribution in [0.25, 0.3) is 10.4 Å². The van der Waals surface area contributed by atoms with E-state index < -0.39 is 5.91 Å². The van der Waals surface area contributed by atoms with Gasteiger partial charge >= 0.3 is 0 Å². The van der Waals surface area contributed by atoms with E-state index in [1.165, 1.54) is 28.0 Å². The molecule has 2 aromatic carbocycles. The van der Waals surface area contributed by atoms with Crippen molar-refractivity contribution in [2.75, 3.05) is 6.61 Å². The minimum atomic E-state index is -0.415. The summed E-state index contributed by atoms with van der Waals surface area (Å²) in [6.07, 6.45) is 1.90. The number of ether oxygens (including phenoxy) is 1. The third-order valence-corrected chi connectivity index (χ3v) is 5.84. The van der Waals surface area contributed by atoms with Gasteiger partial charge in [-0.15, -0.1) is 11.3 Å². The fourth-order valence-corrected chi connectivity index (χ4v) is 4.43. The zero-order valence-corrected chi connectivity index (χ0v) is 16.3. The number of fused-ring (bicyclic) bond motifs is 3. The van der Waals surface area contributed by atoms with E-state index in [1.807, 2.05) is 43.3 Å². The number of nitrogens with one attached hydrogen (secondary N) is 2. The second-order valence-electron chi connectivity index (χ2n) is 6.73. The molecule has 0 atom stereocenters. The molecule has 0 spiro atoms. The van der Waals surface area contributed by atoms with E-state index in [9.17, 15) is 9.59 Å². The first kappa shape index (κ1) is 18.3. The Kier molecular flexibility index (Phi) is 5.12. The molecule has 3 aromatic rings. The highest BCUT2D eigenvalue weighted by Crippen LogP contribution is 2.39. The molecular formula is C22H20N2O3S. The van der Waals surface area contributed by atoms with Crippen LogP contribution in [0.4, 0.5) is 0 Å². The zero-order chi connectivity index (χ0) is 19.5. The Balaban J connectivity index is 1.35. The lowest BCUT2D eigenvalue weighted by Gasteiger charge is -2.15. The number of amides is 2. The van der Waals surface area contributed by atoms with Crippen LogP contribution in [0.1, 0.15) is 26.4 Å². The van der Waals surface area contributed by atoms with Crippen molar-refractivity contribution in [2.45, 2.75) is 19.8 Å². The van der Waals surface area contributed by atoms with Crippen molar-refractivity contribution >= 4 is 23.2 Å². The molecule has 28 heavy (non-hydrogen) atoms. The van der Waals surface area contributed by atoms with Gasteiger partial charge < -0.3 is 4.74 Å². The van der Waals surface area contributed by atoms with Gasteiger partial charge in [-0.05, 0) is 60.2 Å². The highest BCUT2D eigenvalue weighted by Gasteiger charge is 2.21. The summed E-state index contributed by atoms with van der Waals surface area (Å²) in [4.78, 5) is 26.1. The summed E-state index contributed by atoms with van der Waals surface area (Å²) >= 11 is 1.46. The van der Waals surface area contributed by atoms with Gasteiger partial charge in [0, 0.05) is 4.88 Å². The number of benzene rings is 2. The largest absolute Gasteiger partial charge is 0.484 e. The number of rotatable bonds is 4. The highest BCUT2D eigenvalue weighted by molar-refractivity contribution is 7.17. The molecule has 142 valence electrons. The summed E-state index contributed by atoms with van der Waals surface area (Å²) < 4.78 is 5.43. The Morgan fingerprint density at radius 1 is 1.00 bits per heavy atom. The van der Waals surface area contributed by atoms with Crippen LogP contribution >= 0.6 is 11.3 Å². The number of thiophene rings is 1. The van der Waals surface area contributed by atoms with Crippen LogP contribution in [0.3, 0.4) is 0 Å². The first-order valence-electron chi connectivity index (χ1n) is 9.10. The molecule has 0 bridgehead atoms. The van der Waals surface area contributed by atoms with Gasteiger partial charge in [0.2, 0.25) is 0 Å². The highest BCUT2D eigenvalue weighted by atomic mass is 32.1. The average molecular weight is 392 g/mol. The van der Waals surface area contributed by atoms with Crippen molar-refractivity contribution in [1.82, 2.24) is 10.9 Å². The normalized spacial score (nSPS) is 11.9. The van der Waals surface area contributed by atoms with Gasteiger partial charge in [0.15, 0.2) is 6.61 Å². The summed E-state index contributed by atoms with van der Waals surface area (Å²) in [6, 6.07) is 17.6. The van der Waals surface area contributed by atoms with Gasteiger partial charge in [-0.25, -0.2) is 0 Å². The van der Waals surface area contributed by atoms with Crippen molar-refractivity contribution in [1.29, 1.82) is 0 Å². The van der Waals surface area contributed by atoms with Crippen LogP contribution in [0.15, 0.2) is 54.6 Å². The van der Waals surface area contributed by atoms with Crippen molar-refractivity contribution in [3.05, 3.63) is 76.2 Å². The lowest BCUT2D eigenvalue weighted by Crippen LogP contribution is -2.43.